The Balaban J connectivity index is 1.69. The molecule has 4 rings (SSSR count). The molecule has 2 amide bonds. The van der Waals surface area contributed by atoms with Gasteiger partial charge >= 0.3 is 0 Å². The topological polar surface area (TPSA) is 64.1 Å². The Bertz CT molecular complexity index is 903. The lowest BCUT2D eigenvalue weighted by molar-refractivity contribution is -0.120. The molecule has 2 aliphatic heterocycles. The molecule has 28 heavy (non-hydrogen) atoms. The van der Waals surface area contributed by atoms with Crippen LogP contribution in [0.4, 0.5) is 10.1 Å². The van der Waals surface area contributed by atoms with Crippen molar-refractivity contribution in [3.05, 3.63) is 58.2 Å². The fourth-order valence-electron chi connectivity index (χ4n) is 3.62. The first-order valence-corrected chi connectivity index (χ1v) is 9.99. The lowest BCUT2D eigenvalue weighted by Crippen LogP contribution is -2.48. The van der Waals surface area contributed by atoms with Crippen LogP contribution in [0.25, 0.3) is 5.57 Å². The number of hydrogen-bond acceptors (Lipinski definition) is 6. The Labute approximate surface area is 166 Å². The highest BCUT2D eigenvalue weighted by Crippen LogP contribution is 2.36. The number of hydrogen-bond donors (Lipinski definition) is 1. The highest BCUT2D eigenvalue weighted by molar-refractivity contribution is 7.11. The van der Waals surface area contributed by atoms with Gasteiger partial charge in [-0.05, 0) is 35.7 Å². The number of carbonyl (C=O) groups excluding carboxylic acids is 2. The van der Waals surface area contributed by atoms with Crippen molar-refractivity contribution in [3.8, 4) is 0 Å². The van der Waals surface area contributed by atoms with Gasteiger partial charge in [-0.3, -0.25) is 14.5 Å². The maximum atomic E-state index is 13.3. The van der Waals surface area contributed by atoms with E-state index in [1.165, 1.54) is 35.6 Å². The molecule has 2 aliphatic rings. The summed E-state index contributed by atoms with van der Waals surface area (Å²) in [6.07, 6.45) is 0. The van der Waals surface area contributed by atoms with Crippen molar-refractivity contribution >= 4 is 34.4 Å². The normalized spacial score (nSPS) is 18.5. The third-order valence-electron chi connectivity index (χ3n) is 5.02. The number of imide groups is 1. The van der Waals surface area contributed by atoms with Gasteiger partial charge in [-0.2, -0.15) is 0 Å². The van der Waals surface area contributed by atoms with Gasteiger partial charge in [0.2, 0.25) is 0 Å². The van der Waals surface area contributed by atoms with E-state index < -0.39 is 5.82 Å². The highest BCUT2D eigenvalue weighted by Gasteiger charge is 2.43. The number of carbonyl (C=O) groups is 2. The molecule has 1 saturated heterocycles. The quantitative estimate of drug-likeness (QED) is 0.774. The Morgan fingerprint density at radius 2 is 1.71 bits per heavy atom. The Hall–Kier alpha value is -2.55. The number of piperazine rings is 1. The Morgan fingerprint density at radius 3 is 2.32 bits per heavy atom. The minimum Gasteiger partial charge on any atom is -0.395 e. The summed E-state index contributed by atoms with van der Waals surface area (Å²) in [4.78, 5) is 32.4. The summed E-state index contributed by atoms with van der Waals surface area (Å²) in [5.41, 5.74) is 1.17. The third-order valence-corrected chi connectivity index (χ3v) is 5.90. The molecule has 3 heterocycles. The van der Waals surface area contributed by atoms with Crippen molar-refractivity contribution in [2.24, 2.45) is 0 Å². The average molecular weight is 401 g/mol. The highest BCUT2D eigenvalue weighted by atomic mass is 32.1. The first-order chi connectivity index (χ1) is 13.6. The largest absolute Gasteiger partial charge is 0.395 e. The zero-order chi connectivity index (χ0) is 19.7. The maximum Gasteiger partial charge on any atom is 0.282 e. The molecule has 0 aliphatic carbocycles. The standard InChI is InChI=1S/C20H20FN3O3S/c21-14-3-5-15(6-4-14)24-19(26)17(16-2-1-13-28-16)18(20(24)27)23-9-7-22(8-10-23)11-12-25/h1-6,13,25H,7-12H2. The van der Waals surface area contributed by atoms with Crippen molar-refractivity contribution in [2.75, 3.05) is 44.2 Å². The second-order valence-electron chi connectivity index (χ2n) is 6.68. The average Bonchev–Trinajstić information content (AvgIpc) is 3.30. The summed E-state index contributed by atoms with van der Waals surface area (Å²) in [7, 11) is 0. The molecule has 0 spiro atoms. The molecule has 1 fully saturated rings. The van der Waals surface area contributed by atoms with Crippen LogP contribution in [0.1, 0.15) is 4.88 Å². The van der Waals surface area contributed by atoms with Crippen LogP contribution < -0.4 is 4.90 Å². The summed E-state index contributed by atoms with van der Waals surface area (Å²) < 4.78 is 13.3. The number of rotatable bonds is 5. The second-order valence-corrected chi connectivity index (χ2v) is 7.62. The minimum absolute atomic E-state index is 0.0961. The van der Waals surface area contributed by atoms with Crippen LogP contribution in [0, 0.1) is 5.82 Å². The maximum absolute atomic E-state index is 13.3. The van der Waals surface area contributed by atoms with Crippen LogP contribution in [0.3, 0.4) is 0 Å². The van der Waals surface area contributed by atoms with E-state index in [0.29, 0.717) is 49.7 Å². The molecule has 2 aromatic rings. The predicted octanol–water partition coefficient (Wildman–Crippen LogP) is 1.78. The number of halogens is 1. The van der Waals surface area contributed by atoms with E-state index in [-0.39, 0.29) is 18.4 Å². The Morgan fingerprint density at radius 1 is 1.00 bits per heavy atom. The lowest BCUT2D eigenvalue weighted by atomic mass is 10.1. The van der Waals surface area contributed by atoms with Gasteiger partial charge in [0.1, 0.15) is 11.5 Å². The van der Waals surface area contributed by atoms with Crippen LogP contribution in [0.15, 0.2) is 47.5 Å². The SMILES string of the molecule is O=C1C(c2cccs2)=C(N2CCN(CCO)CC2)C(=O)N1c1ccc(F)cc1. The van der Waals surface area contributed by atoms with E-state index in [9.17, 15) is 14.0 Å². The smallest absolute Gasteiger partial charge is 0.282 e. The lowest BCUT2D eigenvalue weighted by Gasteiger charge is -2.36. The van der Waals surface area contributed by atoms with Crippen LogP contribution >= 0.6 is 11.3 Å². The molecule has 8 heteroatoms. The molecule has 0 saturated carbocycles. The first-order valence-electron chi connectivity index (χ1n) is 9.11. The summed E-state index contributed by atoms with van der Waals surface area (Å²) in [6, 6.07) is 9.06. The van der Waals surface area contributed by atoms with Gasteiger partial charge in [0.25, 0.3) is 11.8 Å². The number of benzene rings is 1. The van der Waals surface area contributed by atoms with Crippen molar-refractivity contribution in [1.82, 2.24) is 9.80 Å². The predicted molar refractivity (Wildman–Crippen MR) is 105 cm³/mol. The summed E-state index contributed by atoms with van der Waals surface area (Å²) in [5, 5.41) is 11.0. The molecular formula is C20H20FN3O3S. The number of aliphatic hydroxyl groups excluding tert-OH is 1. The number of anilines is 1. The molecule has 0 radical (unpaired) electrons. The summed E-state index contributed by atoms with van der Waals surface area (Å²) in [5.74, 6) is -1.18. The minimum atomic E-state index is -0.422. The molecule has 0 atom stereocenters. The van der Waals surface area contributed by atoms with E-state index in [1.807, 2.05) is 22.4 Å². The van der Waals surface area contributed by atoms with Crippen molar-refractivity contribution in [1.29, 1.82) is 0 Å². The van der Waals surface area contributed by atoms with Crippen LogP contribution in [-0.2, 0) is 9.59 Å². The van der Waals surface area contributed by atoms with E-state index >= 15 is 0 Å². The van der Waals surface area contributed by atoms with Crippen LogP contribution in [-0.4, -0.2) is 66.1 Å². The first kappa shape index (κ1) is 18.8. The second kappa shape index (κ2) is 7.83. The van der Waals surface area contributed by atoms with E-state index in [0.717, 1.165) is 9.78 Å². The van der Waals surface area contributed by atoms with Gasteiger partial charge in [-0.15, -0.1) is 11.3 Å². The van der Waals surface area contributed by atoms with Gasteiger partial charge in [-0.25, -0.2) is 9.29 Å². The number of nitrogens with zero attached hydrogens (tertiary/aromatic N) is 3. The van der Waals surface area contributed by atoms with Crippen molar-refractivity contribution in [2.45, 2.75) is 0 Å². The number of aliphatic hydroxyl groups is 1. The molecule has 6 nitrogen and oxygen atoms in total. The van der Waals surface area contributed by atoms with Gasteiger partial charge in [0, 0.05) is 37.6 Å². The van der Waals surface area contributed by atoms with Gasteiger partial charge < -0.3 is 10.0 Å². The molecule has 1 aromatic carbocycles. The van der Waals surface area contributed by atoms with E-state index in [2.05, 4.69) is 4.90 Å². The molecule has 1 aromatic heterocycles. The molecule has 146 valence electrons. The molecule has 0 unspecified atom stereocenters. The van der Waals surface area contributed by atoms with Crippen LogP contribution in [0.5, 0.6) is 0 Å². The third kappa shape index (κ3) is 3.34. The summed E-state index contributed by atoms with van der Waals surface area (Å²) >= 11 is 1.41. The zero-order valence-electron chi connectivity index (χ0n) is 15.2. The number of β-amino-alcohol motifs (C(OH)–C–C–N with tert-alkyl or cyclic N) is 1. The molecule has 1 N–H and O–H groups in total. The Kier molecular flexibility index (Phi) is 5.25. The molecular weight excluding hydrogens is 381 g/mol. The summed E-state index contributed by atoms with van der Waals surface area (Å²) in [6.45, 7) is 3.30. The molecule has 0 bridgehead atoms. The number of amides is 2. The zero-order valence-corrected chi connectivity index (χ0v) is 16.0. The van der Waals surface area contributed by atoms with Crippen LogP contribution in [0.2, 0.25) is 0 Å². The van der Waals surface area contributed by atoms with Gasteiger partial charge in [0.05, 0.1) is 17.9 Å². The van der Waals surface area contributed by atoms with Crippen molar-refractivity contribution < 1.29 is 19.1 Å². The van der Waals surface area contributed by atoms with E-state index in [1.54, 1.807) is 0 Å². The number of thiophene rings is 1. The van der Waals surface area contributed by atoms with E-state index in [4.69, 9.17) is 5.11 Å². The fourth-order valence-corrected chi connectivity index (χ4v) is 4.38. The van der Waals surface area contributed by atoms with Crippen molar-refractivity contribution in [3.63, 3.8) is 0 Å². The monoisotopic (exact) mass is 401 g/mol. The van der Waals surface area contributed by atoms with Gasteiger partial charge in [0.15, 0.2) is 0 Å². The van der Waals surface area contributed by atoms with Gasteiger partial charge in [-0.1, -0.05) is 6.07 Å². The fraction of sp³-hybridized carbons (Fsp3) is 0.300.